The van der Waals surface area contributed by atoms with E-state index in [0.717, 1.165) is 36.3 Å². The van der Waals surface area contributed by atoms with E-state index < -0.39 is 0 Å². The summed E-state index contributed by atoms with van der Waals surface area (Å²) in [5.74, 6) is -0.0179. The number of benzene rings is 1. The lowest BCUT2D eigenvalue weighted by Crippen LogP contribution is -2.26. The number of rotatable bonds is 8. The third kappa shape index (κ3) is 5.30. The van der Waals surface area contributed by atoms with Gasteiger partial charge in [0, 0.05) is 38.1 Å². The molecule has 19 heavy (non-hydrogen) atoms. The van der Waals surface area contributed by atoms with Crippen LogP contribution in [-0.4, -0.2) is 32.7 Å². The average Bonchev–Trinajstić information content (AvgIpc) is 2.42. The molecule has 0 atom stereocenters. The van der Waals surface area contributed by atoms with Crippen LogP contribution in [-0.2, 0) is 4.74 Å². The van der Waals surface area contributed by atoms with E-state index in [4.69, 9.17) is 4.74 Å². The van der Waals surface area contributed by atoms with Crippen molar-refractivity contribution in [2.75, 3.05) is 32.1 Å². The fraction of sp³-hybridized carbons (Fsp3) is 0.533. The number of hydrogen-bond acceptors (Lipinski definition) is 3. The van der Waals surface area contributed by atoms with Crippen molar-refractivity contribution in [2.24, 2.45) is 0 Å². The summed E-state index contributed by atoms with van der Waals surface area (Å²) in [7, 11) is 1.87. The van der Waals surface area contributed by atoms with Gasteiger partial charge in [-0.1, -0.05) is 6.92 Å². The molecule has 0 heterocycles. The van der Waals surface area contributed by atoms with Crippen LogP contribution >= 0.6 is 0 Å². The number of aryl methyl sites for hydroxylation is 1. The van der Waals surface area contributed by atoms with Crippen molar-refractivity contribution in [2.45, 2.75) is 26.7 Å². The molecule has 0 radical (unpaired) electrons. The Hall–Kier alpha value is -1.55. The molecule has 0 saturated heterocycles. The molecule has 1 rings (SSSR count). The summed E-state index contributed by atoms with van der Waals surface area (Å²) in [6.07, 6.45) is 1.88. The Morgan fingerprint density at radius 1 is 1.32 bits per heavy atom. The standard InChI is InChI=1S/C15H24N2O2/c1-4-9-19-10-5-8-17-15(18)14-7-6-13(16-3)11-12(14)2/h6-7,11,16H,4-5,8-10H2,1-3H3,(H,17,18). The molecule has 0 saturated carbocycles. The molecule has 0 aliphatic carbocycles. The summed E-state index contributed by atoms with van der Waals surface area (Å²) in [6, 6.07) is 5.73. The van der Waals surface area contributed by atoms with Crippen LogP contribution in [0, 0.1) is 6.92 Å². The van der Waals surface area contributed by atoms with E-state index in [1.165, 1.54) is 0 Å². The molecule has 0 fully saturated rings. The number of hydrogen-bond donors (Lipinski definition) is 2. The molecule has 106 valence electrons. The van der Waals surface area contributed by atoms with Gasteiger partial charge in [-0.15, -0.1) is 0 Å². The molecule has 0 aromatic heterocycles. The van der Waals surface area contributed by atoms with Crippen LogP contribution in [0.4, 0.5) is 5.69 Å². The maximum atomic E-state index is 12.0. The zero-order valence-corrected chi connectivity index (χ0v) is 12.1. The van der Waals surface area contributed by atoms with Gasteiger partial charge in [0.2, 0.25) is 0 Å². The predicted molar refractivity (Wildman–Crippen MR) is 78.8 cm³/mol. The van der Waals surface area contributed by atoms with Gasteiger partial charge in [0.1, 0.15) is 0 Å². The van der Waals surface area contributed by atoms with Crippen molar-refractivity contribution in [1.29, 1.82) is 0 Å². The summed E-state index contributed by atoms with van der Waals surface area (Å²) >= 11 is 0. The van der Waals surface area contributed by atoms with E-state index in [2.05, 4.69) is 17.6 Å². The van der Waals surface area contributed by atoms with Crippen LogP contribution in [0.25, 0.3) is 0 Å². The van der Waals surface area contributed by atoms with Crippen LogP contribution in [0.3, 0.4) is 0 Å². The normalized spacial score (nSPS) is 10.3. The molecule has 1 aromatic carbocycles. The molecule has 1 amide bonds. The van der Waals surface area contributed by atoms with Gasteiger partial charge in [-0.3, -0.25) is 4.79 Å². The molecule has 4 heteroatoms. The number of anilines is 1. The molecule has 1 aromatic rings. The van der Waals surface area contributed by atoms with Crippen molar-refractivity contribution >= 4 is 11.6 Å². The zero-order chi connectivity index (χ0) is 14.1. The number of amides is 1. The minimum absolute atomic E-state index is 0.0179. The van der Waals surface area contributed by atoms with Gasteiger partial charge in [0.05, 0.1) is 0 Å². The molecule has 0 bridgehead atoms. The van der Waals surface area contributed by atoms with Crippen molar-refractivity contribution in [3.05, 3.63) is 29.3 Å². The highest BCUT2D eigenvalue weighted by atomic mass is 16.5. The summed E-state index contributed by atoms with van der Waals surface area (Å²) < 4.78 is 5.36. The average molecular weight is 264 g/mol. The van der Waals surface area contributed by atoms with Gasteiger partial charge < -0.3 is 15.4 Å². The van der Waals surface area contributed by atoms with Crippen molar-refractivity contribution in [3.8, 4) is 0 Å². The maximum absolute atomic E-state index is 12.0. The molecule has 0 aliphatic rings. The minimum atomic E-state index is -0.0179. The summed E-state index contributed by atoms with van der Waals surface area (Å²) in [6.45, 7) is 6.17. The molecule has 4 nitrogen and oxygen atoms in total. The molecule has 0 aliphatic heterocycles. The third-order valence-electron chi connectivity index (χ3n) is 2.86. The number of nitrogens with one attached hydrogen (secondary N) is 2. The smallest absolute Gasteiger partial charge is 0.251 e. The van der Waals surface area contributed by atoms with Gasteiger partial charge in [-0.25, -0.2) is 0 Å². The van der Waals surface area contributed by atoms with Gasteiger partial charge in [0.25, 0.3) is 5.91 Å². The van der Waals surface area contributed by atoms with Gasteiger partial charge >= 0.3 is 0 Å². The Bertz CT molecular complexity index is 405. The molecule has 0 unspecified atom stereocenters. The second-order valence-corrected chi connectivity index (χ2v) is 4.50. The van der Waals surface area contributed by atoms with Crippen molar-refractivity contribution < 1.29 is 9.53 Å². The quantitative estimate of drug-likeness (QED) is 0.710. The number of carbonyl (C=O) groups is 1. The Morgan fingerprint density at radius 3 is 2.74 bits per heavy atom. The van der Waals surface area contributed by atoms with E-state index in [-0.39, 0.29) is 5.91 Å². The lowest BCUT2D eigenvalue weighted by atomic mass is 10.1. The van der Waals surface area contributed by atoms with Gasteiger partial charge in [-0.05, 0) is 43.5 Å². The van der Waals surface area contributed by atoms with E-state index in [1.54, 1.807) is 0 Å². The van der Waals surface area contributed by atoms with E-state index in [0.29, 0.717) is 13.2 Å². The lowest BCUT2D eigenvalue weighted by molar-refractivity contribution is 0.0941. The summed E-state index contributed by atoms with van der Waals surface area (Å²) in [5.41, 5.74) is 2.72. The first kappa shape index (κ1) is 15.5. The Morgan fingerprint density at radius 2 is 2.11 bits per heavy atom. The first-order valence-electron chi connectivity index (χ1n) is 6.83. The van der Waals surface area contributed by atoms with Crippen LogP contribution in [0.2, 0.25) is 0 Å². The highest BCUT2D eigenvalue weighted by molar-refractivity contribution is 5.96. The first-order valence-corrected chi connectivity index (χ1v) is 6.83. The van der Waals surface area contributed by atoms with Crippen molar-refractivity contribution in [1.82, 2.24) is 5.32 Å². The van der Waals surface area contributed by atoms with E-state index in [9.17, 15) is 4.79 Å². The molecule has 0 spiro atoms. The number of ether oxygens (including phenoxy) is 1. The van der Waals surface area contributed by atoms with Crippen LogP contribution in [0.5, 0.6) is 0 Å². The van der Waals surface area contributed by atoms with E-state index in [1.807, 2.05) is 32.2 Å². The fourth-order valence-electron chi connectivity index (χ4n) is 1.79. The summed E-state index contributed by atoms with van der Waals surface area (Å²) in [4.78, 5) is 12.0. The molecular weight excluding hydrogens is 240 g/mol. The monoisotopic (exact) mass is 264 g/mol. The predicted octanol–water partition coefficient (Wildman–Crippen LogP) is 2.58. The topological polar surface area (TPSA) is 50.4 Å². The van der Waals surface area contributed by atoms with Crippen LogP contribution in [0.15, 0.2) is 18.2 Å². The highest BCUT2D eigenvalue weighted by Gasteiger charge is 2.08. The first-order chi connectivity index (χ1) is 9.19. The maximum Gasteiger partial charge on any atom is 0.251 e. The molecule has 2 N–H and O–H groups in total. The minimum Gasteiger partial charge on any atom is -0.388 e. The SMILES string of the molecule is CCCOCCCNC(=O)c1ccc(NC)cc1C. The van der Waals surface area contributed by atoms with Gasteiger partial charge in [0.15, 0.2) is 0 Å². The third-order valence-corrected chi connectivity index (χ3v) is 2.86. The summed E-state index contributed by atoms with van der Waals surface area (Å²) in [5, 5.41) is 5.97. The van der Waals surface area contributed by atoms with E-state index >= 15 is 0 Å². The molecular formula is C15H24N2O2. The van der Waals surface area contributed by atoms with Crippen LogP contribution < -0.4 is 10.6 Å². The van der Waals surface area contributed by atoms with Crippen LogP contribution in [0.1, 0.15) is 35.7 Å². The largest absolute Gasteiger partial charge is 0.388 e. The lowest BCUT2D eigenvalue weighted by Gasteiger charge is -2.09. The Labute approximate surface area is 115 Å². The Balaban J connectivity index is 2.37. The Kier molecular flexibility index (Phi) is 6.97. The zero-order valence-electron chi connectivity index (χ0n) is 12.1. The van der Waals surface area contributed by atoms with Gasteiger partial charge in [-0.2, -0.15) is 0 Å². The second kappa shape index (κ2) is 8.53. The fourth-order valence-corrected chi connectivity index (χ4v) is 1.79. The number of carbonyl (C=O) groups excluding carboxylic acids is 1. The van der Waals surface area contributed by atoms with Crippen molar-refractivity contribution in [3.63, 3.8) is 0 Å². The highest BCUT2D eigenvalue weighted by Crippen LogP contribution is 2.14. The second-order valence-electron chi connectivity index (χ2n) is 4.50.